The average Bonchev–Trinajstić information content (AvgIpc) is 3.46. The third-order valence-electron chi connectivity index (χ3n) is 7.36. The van der Waals surface area contributed by atoms with Gasteiger partial charge in [0.2, 0.25) is 0 Å². The van der Waals surface area contributed by atoms with Gasteiger partial charge in [-0.1, -0.05) is 72.8 Å². The van der Waals surface area contributed by atoms with Crippen molar-refractivity contribution in [1.29, 1.82) is 0 Å². The van der Waals surface area contributed by atoms with Crippen molar-refractivity contribution < 1.29 is 9.47 Å². The highest BCUT2D eigenvalue weighted by Crippen LogP contribution is 2.49. The molecule has 1 heterocycles. The molecule has 3 atom stereocenters. The summed E-state index contributed by atoms with van der Waals surface area (Å²) in [5.74, 6) is 2.35. The van der Waals surface area contributed by atoms with Gasteiger partial charge in [0, 0.05) is 17.8 Å². The van der Waals surface area contributed by atoms with E-state index in [0.717, 1.165) is 27.7 Å². The third-order valence-corrected chi connectivity index (χ3v) is 7.95. The molecule has 0 fully saturated rings. The Balaban J connectivity index is 1.17. The fourth-order valence-electron chi connectivity index (χ4n) is 5.47. The second-order valence-electron chi connectivity index (χ2n) is 9.72. The molecule has 2 aliphatic rings. The number of benzene rings is 4. The summed E-state index contributed by atoms with van der Waals surface area (Å²) in [6.07, 6.45) is 7.66. The lowest BCUT2D eigenvalue weighted by Gasteiger charge is -2.37. The lowest BCUT2D eigenvalue weighted by atomic mass is 9.77. The molecule has 0 aromatic heterocycles. The lowest BCUT2D eigenvalue weighted by molar-refractivity contribution is 0.282. The maximum absolute atomic E-state index is 6.06. The molecule has 0 bridgehead atoms. The molecule has 4 aromatic rings. The van der Waals surface area contributed by atoms with Crippen LogP contribution in [-0.4, -0.2) is 13.3 Å². The summed E-state index contributed by atoms with van der Waals surface area (Å²) in [6, 6.07) is 31.6. The first kappa shape index (κ1) is 24.5. The number of nitrogens with one attached hydrogen (secondary N) is 1. The lowest BCUT2D eigenvalue weighted by Crippen LogP contribution is -2.28. The quantitative estimate of drug-likeness (QED) is 0.180. The number of hydrogen-bond donors (Lipinski definition) is 1. The van der Waals surface area contributed by atoms with E-state index in [1.54, 1.807) is 7.11 Å². The fraction of sp³-hybridized carbons (Fsp3) is 0.182. The van der Waals surface area contributed by atoms with Gasteiger partial charge in [-0.2, -0.15) is 0 Å². The second-order valence-corrected chi connectivity index (χ2v) is 10.6. The first-order valence-corrected chi connectivity index (χ1v) is 13.7. The van der Waals surface area contributed by atoms with Crippen molar-refractivity contribution in [1.82, 2.24) is 0 Å². The normalized spacial score (nSPS) is 19.6. The number of ether oxygens (including phenoxy) is 2. The van der Waals surface area contributed by atoms with Gasteiger partial charge in [0.1, 0.15) is 6.61 Å². The summed E-state index contributed by atoms with van der Waals surface area (Å²) >= 11 is 3.65. The number of aliphatic imine (C=N–C) groups is 1. The number of methoxy groups -OCH3 is 1. The van der Waals surface area contributed by atoms with Crippen LogP contribution in [0.3, 0.4) is 0 Å². The van der Waals surface area contributed by atoms with Gasteiger partial charge in [0.15, 0.2) is 11.5 Å². The molecule has 0 radical (unpaired) electrons. The molecule has 0 saturated carbocycles. The summed E-state index contributed by atoms with van der Waals surface area (Å²) < 4.78 is 12.5. The first-order valence-electron chi connectivity index (χ1n) is 12.9. The van der Waals surface area contributed by atoms with Gasteiger partial charge >= 0.3 is 0 Å². The monoisotopic (exact) mass is 564 g/mol. The van der Waals surface area contributed by atoms with E-state index >= 15 is 0 Å². The molecule has 4 aromatic carbocycles. The van der Waals surface area contributed by atoms with Gasteiger partial charge in [-0.05, 0) is 80.9 Å². The van der Waals surface area contributed by atoms with Crippen LogP contribution in [0.5, 0.6) is 11.5 Å². The molecular formula is C33H29BrN2O2. The number of nitrogens with zero attached hydrogens (tertiary/aromatic N) is 1. The Morgan fingerprint density at radius 1 is 0.974 bits per heavy atom. The Hall–Kier alpha value is -3.83. The maximum Gasteiger partial charge on any atom is 0.175 e. The molecule has 1 aliphatic carbocycles. The van der Waals surface area contributed by atoms with Crippen molar-refractivity contribution in [3.05, 3.63) is 130 Å². The van der Waals surface area contributed by atoms with Crippen molar-refractivity contribution in [2.75, 3.05) is 12.4 Å². The minimum Gasteiger partial charge on any atom is -0.493 e. The summed E-state index contributed by atoms with van der Waals surface area (Å²) in [5.41, 5.74) is 6.87. The van der Waals surface area contributed by atoms with Gasteiger partial charge in [0.25, 0.3) is 0 Å². The predicted octanol–water partition coefficient (Wildman–Crippen LogP) is 8.61. The number of halogens is 1. The molecule has 38 heavy (non-hydrogen) atoms. The highest BCUT2D eigenvalue weighted by Gasteiger charge is 2.37. The Morgan fingerprint density at radius 3 is 2.58 bits per heavy atom. The van der Waals surface area contributed by atoms with Crippen LogP contribution in [0.25, 0.3) is 0 Å². The summed E-state index contributed by atoms with van der Waals surface area (Å²) in [5, 5.41) is 3.80. The molecule has 5 heteroatoms. The van der Waals surface area contributed by atoms with E-state index < -0.39 is 0 Å². The van der Waals surface area contributed by atoms with Crippen LogP contribution >= 0.6 is 15.9 Å². The molecular weight excluding hydrogens is 536 g/mol. The number of allylic oxidation sites excluding steroid dienone is 2. The molecule has 0 unspecified atom stereocenters. The molecule has 1 aliphatic heterocycles. The second kappa shape index (κ2) is 10.9. The zero-order valence-electron chi connectivity index (χ0n) is 21.2. The molecule has 0 saturated heterocycles. The summed E-state index contributed by atoms with van der Waals surface area (Å²) in [7, 11) is 1.65. The fourth-order valence-corrected chi connectivity index (χ4v) is 6.05. The van der Waals surface area contributed by atoms with Crippen molar-refractivity contribution in [3.63, 3.8) is 0 Å². The van der Waals surface area contributed by atoms with E-state index in [2.05, 4.69) is 81.9 Å². The summed E-state index contributed by atoms with van der Waals surface area (Å²) in [4.78, 5) is 4.73. The topological polar surface area (TPSA) is 42.8 Å². The summed E-state index contributed by atoms with van der Waals surface area (Å²) in [6.45, 7) is 0.467. The zero-order valence-corrected chi connectivity index (χ0v) is 22.8. The standard InChI is InChI=1S/C33H29BrN2O2/c1-37-31-19-23(18-29(34)33(31)38-21-22-8-3-2-4-9-22)20-35-25-16-14-24(15-17-25)32-28-12-7-11-26(28)27-10-5-6-13-30(27)36-32/h2-11,13-20,26,28,32,36H,12,21H2,1H3/t26-,28-,32+/m1/s1. The van der Waals surface area contributed by atoms with Gasteiger partial charge in [-0.3, -0.25) is 4.99 Å². The molecule has 1 N–H and O–H groups in total. The minimum absolute atomic E-state index is 0.284. The Morgan fingerprint density at radius 2 is 1.76 bits per heavy atom. The van der Waals surface area contributed by atoms with Crippen molar-refractivity contribution in [2.24, 2.45) is 10.9 Å². The number of anilines is 1. The largest absolute Gasteiger partial charge is 0.493 e. The van der Waals surface area contributed by atoms with E-state index in [-0.39, 0.29) is 6.04 Å². The smallest absolute Gasteiger partial charge is 0.175 e. The average molecular weight is 566 g/mol. The van der Waals surface area contributed by atoms with Gasteiger partial charge in [-0.15, -0.1) is 0 Å². The van der Waals surface area contributed by atoms with E-state index in [0.29, 0.717) is 29.9 Å². The third kappa shape index (κ3) is 4.99. The van der Waals surface area contributed by atoms with E-state index in [4.69, 9.17) is 14.5 Å². The molecule has 4 nitrogen and oxygen atoms in total. The Kier molecular flexibility index (Phi) is 7.02. The van der Waals surface area contributed by atoms with Crippen LogP contribution in [0.4, 0.5) is 11.4 Å². The van der Waals surface area contributed by atoms with E-state index in [1.165, 1.54) is 16.8 Å². The maximum atomic E-state index is 6.06. The molecule has 0 spiro atoms. The number of para-hydroxylation sites is 1. The number of fused-ring (bicyclic) bond motifs is 3. The van der Waals surface area contributed by atoms with Crippen LogP contribution in [0, 0.1) is 5.92 Å². The van der Waals surface area contributed by atoms with Crippen LogP contribution in [0.1, 0.15) is 40.6 Å². The van der Waals surface area contributed by atoms with Crippen LogP contribution in [0.2, 0.25) is 0 Å². The van der Waals surface area contributed by atoms with Crippen LogP contribution < -0.4 is 14.8 Å². The van der Waals surface area contributed by atoms with Gasteiger partial charge in [-0.25, -0.2) is 0 Å². The Bertz CT molecular complexity index is 1480. The SMILES string of the molecule is COc1cc(C=Nc2ccc([C@@H]3Nc4ccccc4[C@H]4C=CC[C@H]43)cc2)cc(Br)c1OCc1ccccc1. The zero-order chi connectivity index (χ0) is 25.9. The minimum atomic E-state index is 0.284. The van der Waals surface area contributed by atoms with Gasteiger partial charge < -0.3 is 14.8 Å². The first-order chi connectivity index (χ1) is 18.7. The number of hydrogen-bond acceptors (Lipinski definition) is 4. The highest BCUT2D eigenvalue weighted by molar-refractivity contribution is 9.10. The molecule has 6 rings (SSSR count). The molecule has 0 amide bonds. The van der Waals surface area contributed by atoms with Crippen molar-refractivity contribution in [2.45, 2.75) is 25.0 Å². The number of rotatable bonds is 7. The molecule has 190 valence electrons. The van der Waals surface area contributed by atoms with E-state index in [1.807, 2.05) is 48.7 Å². The predicted molar refractivity (Wildman–Crippen MR) is 158 cm³/mol. The van der Waals surface area contributed by atoms with Crippen molar-refractivity contribution >= 4 is 33.5 Å². The van der Waals surface area contributed by atoms with Crippen LogP contribution in [-0.2, 0) is 6.61 Å². The highest BCUT2D eigenvalue weighted by atomic mass is 79.9. The van der Waals surface area contributed by atoms with E-state index in [9.17, 15) is 0 Å². The van der Waals surface area contributed by atoms with Gasteiger partial charge in [0.05, 0.1) is 23.3 Å². The Labute approximate surface area is 232 Å². The van der Waals surface area contributed by atoms with Crippen LogP contribution in [0.15, 0.2) is 113 Å². The van der Waals surface area contributed by atoms with Crippen molar-refractivity contribution in [3.8, 4) is 11.5 Å².